The van der Waals surface area contributed by atoms with Crippen LogP contribution < -0.4 is 5.32 Å². The number of rotatable bonds is 4. The lowest BCUT2D eigenvalue weighted by atomic mass is 10.1. The van der Waals surface area contributed by atoms with Crippen molar-refractivity contribution in [3.05, 3.63) is 60.2 Å². The SMILES string of the molecule is CC(O)C(=O)NC(c1ccccc1)n1nnc2ccccc21. The lowest BCUT2D eigenvalue weighted by Crippen LogP contribution is -2.39. The zero-order valence-electron chi connectivity index (χ0n) is 12.0. The van der Waals surface area contributed by atoms with Crippen LogP contribution in [0, 0.1) is 0 Å². The number of fused-ring (bicyclic) bond motifs is 1. The quantitative estimate of drug-likeness (QED) is 0.764. The fourth-order valence-corrected chi connectivity index (χ4v) is 2.25. The second-order valence-corrected chi connectivity index (χ2v) is 5.02. The smallest absolute Gasteiger partial charge is 0.250 e. The average Bonchev–Trinajstić information content (AvgIpc) is 2.97. The van der Waals surface area contributed by atoms with Crippen molar-refractivity contribution in [1.29, 1.82) is 0 Å². The number of hydrogen-bond acceptors (Lipinski definition) is 4. The van der Waals surface area contributed by atoms with Crippen LogP contribution in [0.1, 0.15) is 18.7 Å². The van der Waals surface area contributed by atoms with Gasteiger partial charge >= 0.3 is 0 Å². The Morgan fingerprint density at radius 1 is 1.14 bits per heavy atom. The van der Waals surface area contributed by atoms with E-state index in [1.807, 2.05) is 54.6 Å². The van der Waals surface area contributed by atoms with Crippen molar-refractivity contribution in [2.75, 3.05) is 0 Å². The summed E-state index contributed by atoms with van der Waals surface area (Å²) in [7, 11) is 0. The molecule has 0 fully saturated rings. The van der Waals surface area contributed by atoms with Gasteiger partial charge in [-0.2, -0.15) is 0 Å². The molecule has 2 atom stereocenters. The number of benzene rings is 2. The summed E-state index contributed by atoms with van der Waals surface area (Å²) in [6.07, 6.45) is -1.63. The Hall–Kier alpha value is -2.73. The molecule has 3 rings (SSSR count). The van der Waals surface area contributed by atoms with Crippen LogP contribution in [-0.2, 0) is 4.79 Å². The molecule has 6 heteroatoms. The summed E-state index contributed by atoms with van der Waals surface area (Å²) in [6, 6.07) is 17.0. The summed E-state index contributed by atoms with van der Waals surface area (Å²) in [5.41, 5.74) is 2.41. The summed E-state index contributed by atoms with van der Waals surface area (Å²) in [5, 5.41) is 20.5. The number of aliphatic hydroxyl groups is 1. The standard InChI is InChI=1S/C16H16N4O2/c1-11(21)16(22)17-15(12-7-3-2-4-8-12)20-14-10-6-5-9-13(14)18-19-20/h2-11,15,21H,1H3,(H,17,22). The Labute approximate surface area is 127 Å². The van der Waals surface area contributed by atoms with E-state index < -0.39 is 18.2 Å². The van der Waals surface area contributed by atoms with Gasteiger partial charge < -0.3 is 10.4 Å². The molecule has 0 aliphatic heterocycles. The van der Waals surface area contributed by atoms with Crippen molar-refractivity contribution in [2.24, 2.45) is 0 Å². The van der Waals surface area contributed by atoms with Crippen LogP contribution in [0.25, 0.3) is 11.0 Å². The molecular weight excluding hydrogens is 280 g/mol. The Kier molecular flexibility index (Phi) is 3.84. The minimum atomic E-state index is -1.10. The van der Waals surface area contributed by atoms with E-state index in [2.05, 4.69) is 15.6 Å². The van der Waals surface area contributed by atoms with Gasteiger partial charge in [-0.05, 0) is 24.6 Å². The van der Waals surface area contributed by atoms with Gasteiger partial charge in [0.25, 0.3) is 0 Å². The van der Waals surface area contributed by atoms with Gasteiger partial charge in [-0.3, -0.25) is 4.79 Å². The highest BCUT2D eigenvalue weighted by molar-refractivity contribution is 5.81. The van der Waals surface area contributed by atoms with Gasteiger partial charge in [0, 0.05) is 0 Å². The number of carbonyl (C=O) groups excluding carboxylic acids is 1. The molecule has 0 saturated carbocycles. The third kappa shape index (κ3) is 2.68. The molecule has 0 aliphatic carbocycles. The van der Waals surface area contributed by atoms with Gasteiger partial charge in [-0.15, -0.1) is 5.10 Å². The topological polar surface area (TPSA) is 80.0 Å². The van der Waals surface area contributed by atoms with E-state index in [1.165, 1.54) is 6.92 Å². The number of hydrogen-bond donors (Lipinski definition) is 2. The highest BCUT2D eigenvalue weighted by Gasteiger charge is 2.21. The summed E-state index contributed by atoms with van der Waals surface area (Å²) < 4.78 is 1.64. The zero-order valence-corrected chi connectivity index (χ0v) is 12.0. The number of carbonyl (C=O) groups is 1. The number of aliphatic hydroxyl groups excluding tert-OH is 1. The van der Waals surface area contributed by atoms with Gasteiger partial charge in [-0.25, -0.2) is 4.68 Å². The number of nitrogens with one attached hydrogen (secondary N) is 1. The molecule has 6 nitrogen and oxygen atoms in total. The predicted molar refractivity (Wildman–Crippen MR) is 81.9 cm³/mol. The number of para-hydroxylation sites is 1. The van der Waals surface area contributed by atoms with Gasteiger partial charge in [0.15, 0.2) is 6.17 Å². The number of nitrogens with zero attached hydrogens (tertiary/aromatic N) is 3. The first-order valence-corrected chi connectivity index (χ1v) is 7.00. The second kappa shape index (κ2) is 5.95. The molecule has 2 aromatic carbocycles. The van der Waals surface area contributed by atoms with E-state index >= 15 is 0 Å². The monoisotopic (exact) mass is 296 g/mol. The third-order valence-electron chi connectivity index (χ3n) is 3.40. The first-order chi connectivity index (χ1) is 10.7. The molecule has 0 bridgehead atoms. The fourth-order valence-electron chi connectivity index (χ4n) is 2.25. The molecule has 0 saturated heterocycles. The van der Waals surface area contributed by atoms with Crippen molar-refractivity contribution in [2.45, 2.75) is 19.2 Å². The highest BCUT2D eigenvalue weighted by atomic mass is 16.3. The van der Waals surface area contributed by atoms with Crippen LogP contribution in [0.5, 0.6) is 0 Å². The van der Waals surface area contributed by atoms with Crippen LogP contribution in [0.2, 0.25) is 0 Å². The highest BCUT2D eigenvalue weighted by Crippen LogP contribution is 2.20. The van der Waals surface area contributed by atoms with Crippen molar-refractivity contribution >= 4 is 16.9 Å². The van der Waals surface area contributed by atoms with E-state index in [9.17, 15) is 9.90 Å². The van der Waals surface area contributed by atoms with Gasteiger partial charge in [0.2, 0.25) is 5.91 Å². The summed E-state index contributed by atoms with van der Waals surface area (Å²) >= 11 is 0. The van der Waals surface area contributed by atoms with Crippen LogP contribution in [0.15, 0.2) is 54.6 Å². The molecule has 22 heavy (non-hydrogen) atoms. The molecule has 1 aromatic heterocycles. The van der Waals surface area contributed by atoms with Crippen LogP contribution in [0.4, 0.5) is 0 Å². The minimum absolute atomic E-state index is 0.464. The van der Waals surface area contributed by atoms with Crippen LogP contribution in [0.3, 0.4) is 0 Å². The van der Waals surface area contributed by atoms with E-state index in [0.29, 0.717) is 0 Å². The molecule has 1 amide bonds. The number of amides is 1. The second-order valence-electron chi connectivity index (χ2n) is 5.02. The largest absolute Gasteiger partial charge is 0.384 e. The van der Waals surface area contributed by atoms with Gasteiger partial charge in [0.05, 0.1) is 5.52 Å². The predicted octanol–water partition coefficient (Wildman–Crippen LogP) is 1.48. The molecule has 0 aliphatic rings. The van der Waals surface area contributed by atoms with E-state index in [-0.39, 0.29) is 0 Å². The maximum absolute atomic E-state index is 11.9. The lowest BCUT2D eigenvalue weighted by molar-refractivity contribution is -0.129. The summed E-state index contributed by atoms with van der Waals surface area (Å²) in [4.78, 5) is 11.9. The molecule has 0 radical (unpaired) electrons. The third-order valence-corrected chi connectivity index (χ3v) is 3.40. The molecule has 0 spiro atoms. The fraction of sp³-hybridized carbons (Fsp3) is 0.188. The van der Waals surface area contributed by atoms with Crippen molar-refractivity contribution in [3.63, 3.8) is 0 Å². The van der Waals surface area contributed by atoms with E-state index in [1.54, 1.807) is 4.68 Å². The molecule has 2 N–H and O–H groups in total. The van der Waals surface area contributed by atoms with Crippen molar-refractivity contribution in [3.8, 4) is 0 Å². The van der Waals surface area contributed by atoms with E-state index in [4.69, 9.17) is 0 Å². The zero-order chi connectivity index (χ0) is 15.5. The normalized spacial score (nSPS) is 13.7. The molecular formula is C16H16N4O2. The minimum Gasteiger partial charge on any atom is -0.384 e. The first-order valence-electron chi connectivity index (χ1n) is 7.00. The maximum atomic E-state index is 11.9. The van der Waals surface area contributed by atoms with Crippen LogP contribution in [-0.4, -0.2) is 32.1 Å². The maximum Gasteiger partial charge on any atom is 0.250 e. The Morgan fingerprint density at radius 2 is 1.82 bits per heavy atom. The molecule has 3 aromatic rings. The van der Waals surface area contributed by atoms with Crippen LogP contribution >= 0.6 is 0 Å². The first kappa shape index (κ1) is 14.2. The Balaban J connectivity index is 2.07. The lowest BCUT2D eigenvalue weighted by Gasteiger charge is -2.20. The van der Waals surface area contributed by atoms with Crippen molar-refractivity contribution < 1.29 is 9.90 Å². The van der Waals surface area contributed by atoms with Crippen molar-refractivity contribution in [1.82, 2.24) is 20.3 Å². The molecule has 2 unspecified atom stereocenters. The molecule has 112 valence electrons. The van der Waals surface area contributed by atoms with Gasteiger partial charge in [-0.1, -0.05) is 47.7 Å². The molecule has 1 heterocycles. The summed E-state index contributed by atoms with van der Waals surface area (Å²) in [5.74, 6) is -0.464. The van der Waals surface area contributed by atoms with E-state index in [0.717, 1.165) is 16.6 Å². The number of aromatic nitrogens is 3. The Morgan fingerprint density at radius 3 is 2.55 bits per heavy atom. The van der Waals surface area contributed by atoms with Gasteiger partial charge in [0.1, 0.15) is 11.6 Å². The average molecular weight is 296 g/mol. The summed E-state index contributed by atoms with van der Waals surface area (Å²) in [6.45, 7) is 1.43. The Bertz CT molecular complexity index is 783.